The van der Waals surface area contributed by atoms with Gasteiger partial charge in [0.1, 0.15) is 0 Å². The smallest absolute Gasteiger partial charge is 0.0831 e. The molecule has 0 radical (unpaired) electrons. The topological polar surface area (TPSA) is 4.36 Å². The summed E-state index contributed by atoms with van der Waals surface area (Å²) in [6.45, 7) is 1.07. The molecule has 1 heteroatoms. The monoisotopic (exact) mass is 108 g/mol. The van der Waals surface area contributed by atoms with Gasteiger partial charge in [-0.3, -0.25) is 0 Å². The SMILES string of the molecule is C1#[N+]CC2CCC1C2. The molecule has 2 bridgehead atoms. The van der Waals surface area contributed by atoms with Crippen LogP contribution in [0.25, 0.3) is 4.85 Å². The third kappa shape index (κ3) is 0.527. The van der Waals surface area contributed by atoms with Crippen LogP contribution in [-0.4, -0.2) is 6.54 Å². The van der Waals surface area contributed by atoms with Gasteiger partial charge < -0.3 is 0 Å². The van der Waals surface area contributed by atoms with Gasteiger partial charge in [0.2, 0.25) is 0 Å². The summed E-state index contributed by atoms with van der Waals surface area (Å²) in [5.41, 5.74) is 0. The van der Waals surface area contributed by atoms with Gasteiger partial charge in [0.05, 0.1) is 5.92 Å². The van der Waals surface area contributed by atoms with Crippen LogP contribution in [0.4, 0.5) is 0 Å². The summed E-state index contributed by atoms with van der Waals surface area (Å²) in [7, 11) is 0. The number of rotatable bonds is 0. The molecule has 2 rings (SSSR count). The molecular formula is C7H10N+. The molecule has 1 aliphatic carbocycles. The van der Waals surface area contributed by atoms with Crippen molar-refractivity contribution in [3.8, 4) is 6.07 Å². The van der Waals surface area contributed by atoms with Gasteiger partial charge in [0.15, 0.2) is 0 Å². The van der Waals surface area contributed by atoms with Crippen LogP contribution < -0.4 is 0 Å². The molecule has 1 saturated carbocycles. The molecule has 0 amide bonds. The van der Waals surface area contributed by atoms with Gasteiger partial charge in [-0.05, 0) is 19.3 Å². The quantitative estimate of drug-likeness (QED) is 0.445. The number of fused-ring (bicyclic) bond motifs is 2. The van der Waals surface area contributed by atoms with E-state index in [4.69, 9.17) is 0 Å². The van der Waals surface area contributed by atoms with Crippen LogP contribution in [0.5, 0.6) is 0 Å². The van der Waals surface area contributed by atoms with Crippen LogP contribution in [0, 0.1) is 17.9 Å². The molecule has 0 N–H and O–H groups in total. The summed E-state index contributed by atoms with van der Waals surface area (Å²) in [4.78, 5) is 4.15. The van der Waals surface area contributed by atoms with Crippen LogP contribution in [-0.2, 0) is 0 Å². The molecule has 0 aromatic heterocycles. The fraction of sp³-hybridized carbons (Fsp3) is 0.857. The maximum Gasteiger partial charge on any atom is 0.276 e. The third-order valence-electron chi connectivity index (χ3n) is 2.16. The van der Waals surface area contributed by atoms with E-state index in [2.05, 4.69) is 10.9 Å². The number of hydrogen-bond donors (Lipinski definition) is 0. The molecule has 2 unspecified atom stereocenters. The maximum absolute atomic E-state index is 4.15. The Morgan fingerprint density at radius 1 is 1.38 bits per heavy atom. The first-order valence-corrected chi connectivity index (χ1v) is 3.37. The molecule has 0 spiro atoms. The van der Waals surface area contributed by atoms with Crippen molar-refractivity contribution in [3.05, 3.63) is 4.85 Å². The zero-order valence-electron chi connectivity index (χ0n) is 4.93. The highest BCUT2D eigenvalue weighted by atomic mass is 14.7. The Hall–Kier alpha value is -0.510. The minimum Gasteiger partial charge on any atom is -0.0831 e. The minimum atomic E-state index is 0.744. The number of nitrogens with zero attached hydrogens (tertiary/aromatic N) is 1. The van der Waals surface area contributed by atoms with Crippen molar-refractivity contribution in [2.45, 2.75) is 19.3 Å². The fourth-order valence-corrected chi connectivity index (χ4v) is 1.67. The first-order valence-electron chi connectivity index (χ1n) is 3.37. The second-order valence-electron chi connectivity index (χ2n) is 2.85. The van der Waals surface area contributed by atoms with Crippen LogP contribution in [0.1, 0.15) is 19.3 Å². The van der Waals surface area contributed by atoms with E-state index in [1.54, 1.807) is 0 Å². The van der Waals surface area contributed by atoms with Crippen molar-refractivity contribution in [2.75, 3.05) is 6.54 Å². The molecule has 8 heavy (non-hydrogen) atoms. The predicted molar refractivity (Wildman–Crippen MR) is 32.9 cm³/mol. The molecule has 1 nitrogen and oxygen atoms in total. The first kappa shape index (κ1) is 4.38. The van der Waals surface area contributed by atoms with E-state index in [1.165, 1.54) is 19.3 Å². The van der Waals surface area contributed by atoms with Crippen molar-refractivity contribution in [1.82, 2.24) is 0 Å². The van der Waals surface area contributed by atoms with Crippen LogP contribution in [0.3, 0.4) is 0 Å². The number of hydrogen-bond acceptors (Lipinski definition) is 0. The second-order valence-corrected chi connectivity index (χ2v) is 2.85. The zero-order chi connectivity index (χ0) is 5.40. The Bertz CT molecular complexity index is 152. The molecular weight excluding hydrogens is 98.1 g/mol. The van der Waals surface area contributed by atoms with Gasteiger partial charge in [0, 0.05) is 5.92 Å². The highest BCUT2D eigenvalue weighted by Gasteiger charge is 2.32. The van der Waals surface area contributed by atoms with Crippen molar-refractivity contribution < 1.29 is 0 Å². The standard InChI is InChI=1S/C7H10N/c1-2-7-3-6(1)4-8-5-7/h6-7H,1-4H2/q+1. The van der Waals surface area contributed by atoms with Gasteiger partial charge in [-0.25, -0.2) is 0 Å². The zero-order valence-corrected chi connectivity index (χ0v) is 4.93. The van der Waals surface area contributed by atoms with E-state index < -0.39 is 0 Å². The summed E-state index contributed by atoms with van der Waals surface area (Å²) in [6.07, 6.45) is 4.14. The molecule has 1 heterocycles. The normalized spacial score (nSPS) is 41.0. The molecule has 42 valence electrons. The molecule has 1 aliphatic heterocycles. The molecule has 0 saturated heterocycles. The summed E-state index contributed by atoms with van der Waals surface area (Å²) in [5, 5.41) is 0. The largest absolute Gasteiger partial charge is 0.276 e. The summed E-state index contributed by atoms with van der Waals surface area (Å²) in [6, 6.07) is 3.14. The van der Waals surface area contributed by atoms with E-state index in [-0.39, 0.29) is 0 Å². The van der Waals surface area contributed by atoms with Crippen molar-refractivity contribution >= 4 is 0 Å². The molecule has 0 aromatic carbocycles. The Balaban J connectivity index is 2.23. The van der Waals surface area contributed by atoms with Crippen LogP contribution >= 0.6 is 0 Å². The highest BCUT2D eigenvalue weighted by Crippen LogP contribution is 2.33. The third-order valence-corrected chi connectivity index (χ3v) is 2.16. The van der Waals surface area contributed by atoms with E-state index >= 15 is 0 Å². The average Bonchev–Trinajstić information content (AvgIpc) is 2.12. The van der Waals surface area contributed by atoms with E-state index in [0.29, 0.717) is 0 Å². The van der Waals surface area contributed by atoms with Crippen molar-refractivity contribution in [3.63, 3.8) is 0 Å². The van der Waals surface area contributed by atoms with Gasteiger partial charge in [-0.1, -0.05) is 4.85 Å². The first-order chi connectivity index (χ1) is 3.95. The fourth-order valence-electron chi connectivity index (χ4n) is 1.67. The summed E-state index contributed by atoms with van der Waals surface area (Å²) < 4.78 is 0. The molecule has 1 fully saturated rings. The van der Waals surface area contributed by atoms with Gasteiger partial charge in [-0.15, -0.1) is 0 Å². The Morgan fingerprint density at radius 2 is 2.38 bits per heavy atom. The Kier molecular flexibility index (Phi) is 0.811. The lowest BCUT2D eigenvalue weighted by Gasteiger charge is -1.96. The average molecular weight is 108 g/mol. The van der Waals surface area contributed by atoms with Crippen molar-refractivity contribution in [1.29, 1.82) is 0 Å². The van der Waals surface area contributed by atoms with Crippen molar-refractivity contribution in [2.24, 2.45) is 11.8 Å². The predicted octanol–water partition coefficient (Wildman–Crippen LogP) is 1.75. The van der Waals surface area contributed by atoms with Crippen LogP contribution in [0.2, 0.25) is 0 Å². The van der Waals surface area contributed by atoms with E-state index in [1.807, 2.05) is 0 Å². The van der Waals surface area contributed by atoms with Crippen LogP contribution in [0.15, 0.2) is 0 Å². The lowest BCUT2D eigenvalue weighted by molar-refractivity contribution is 0.563. The van der Waals surface area contributed by atoms with Gasteiger partial charge in [-0.2, -0.15) is 0 Å². The second kappa shape index (κ2) is 1.48. The highest BCUT2D eigenvalue weighted by molar-refractivity contribution is 5.04. The van der Waals surface area contributed by atoms with Gasteiger partial charge >= 0.3 is 0 Å². The summed E-state index contributed by atoms with van der Waals surface area (Å²) >= 11 is 0. The Labute approximate surface area is 49.5 Å². The molecule has 2 aliphatic rings. The Morgan fingerprint density at radius 3 is 3.12 bits per heavy atom. The minimum absolute atomic E-state index is 0.744. The maximum atomic E-state index is 4.15. The van der Waals surface area contributed by atoms with E-state index in [9.17, 15) is 0 Å². The van der Waals surface area contributed by atoms with Gasteiger partial charge in [0.25, 0.3) is 12.6 Å². The molecule has 0 aromatic rings. The lowest BCUT2D eigenvalue weighted by Crippen LogP contribution is -2.01. The summed E-state index contributed by atoms with van der Waals surface area (Å²) in [5.74, 6) is 1.68. The lowest BCUT2D eigenvalue weighted by atomic mass is 10.0. The molecule has 2 atom stereocenters. The van der Waals surface area contributed by atoms with E-state index in [0.717, 1.165) is 18.4 Å².